The maximum atomic E-state index is 5.90. The molecular weight excluding hydrogens is 304 g/mol. The van der Waals surface area contributed by atoms with Gasteiger partial charge in [-0.25, -0.2) is 0 Å². The van der Waals surface area contributed by atoms with Gasteiger partial charge in [0.1, 0.15) is 0 Å². The lowest BCUT2D eigenvalue weighted by Gasteiger charge is -2.18. The summed E-state index contributed by atoms with van der Waals surface area (Å²) in [5.74, 6) is 0. The third kappa shape index (κ3) is 3.36. The molecule has 1 atom stereocenters. The molecule has 1 aromatic heterocycles. The first-order valence-corrected chi connectivity index (χ1v) is 7.03. The number of rotatable bonds is 4. The Kier molecular flexibility index (Phi) is 4.27. The second-order valence-corrected chi connectivity index (χ2v) is 5.71. The lowest BCUT2D eigenvalue weighted by Crippen LogP contribution is -2.21. The van der Waals surface area contributed by atoms with E-state index in [2.05, 4.69) is 51.5 Å². The van der Waals surface area contributed by atoms with E-state index in [-0.39, 0.29) is 6.04 Å². The van der Waals surface area contributed by atoms with Crippen LogP contribution >= 0.6 is 15.9 Å². The number of nitrogens with zero attached hydrogens (tertiary/aromatic N) is 2. The number of aryl methyl sites for hydroxylation is 3. The van der Waals surface area contributed by atoms with E-state index in [9.17, 15) is 0 Å². The Balaban J connectivity index is 2.26. The maximum Gasteiger partial charge on any atom is 0.0669 e. The van der Waals surface area contributed by atoms with Crippen molar-refractivity contribution in [2.24, 2.45) is 12.8 Å². The molecule has 2 rings (SSSR count). The highest BCUT2D eigenvalue weighted by atomic mass is 79.9. The molecule has 1 aromatic carbocycles. The van der Waals surface area contributed by atoms with E-state index in [1.165, 1.54) is 5.56 Å². The highest BCUT2D eigenvalue weighted by Crippen LogP contribution is 2.24. The second kappa shape index (κ2) is 5.75. The van der Waals surface area contributed by atoms with Crippen molar-refractivity contribution < 1.29 is 0 Å². The van der Waals surface area contributed by atoms with Gasteiger partial charge in [0.2, 0.25) is 0 Å². The van der Waals surface area contributed by atoms with Crippen LogP contribution < -0.4 is 11.1 Å². The van der Waals surface area contributed by atoms with Crippen molar-refractivity contribution in [1.82, 2.24) is 9.78 Å². The number of hydrogen-bond acceptors (Lipinski definition) is 3. The van der Waals surface area contributed by atoms with Crippen molar-refractivity contribution in [3.8, 4) is 0 Å². The summed E-state index contributed by atoms with van der Waals surface area (Å²) in [6.45, 7) is 4.60. The first-order chi connectivity index (χ1) is 8.99. The van der Waals surface area contributed by atoms with Crippen LogP contribution in [0.15, 0.2) is 28.9 Å². The van der Waals surface area contributed by atoms with E-state index in [1.807, 2.05) is 24.9 Å². The number of halogens is 1. The fraction of sp³-hybridized carbons (Fsp3) is 0.357. The van der Waals surface area contributed by atoms with Crippen molar-refractivity contribution in [2.45, 2.75) is 19.9 Å². The standard InChI is InChI=1S/C14H19BrN4/c1-9-4-11(15)6-12(5-9)17-14(7-16)13-8-19(3)18-10(13)2/h4-6,8,14,17H,7,16H2,1-3H3. The van der Waals surface area contributed by atoms with Gasteiger partial charge in [0.05, 0.1) is 11.7 Å². The molecule has 0 saturated heterocycles. The monoisotopic (exact) mass is 322 g/mol. The molecule has 0 radical (unpaired) electrons. The summed E-state index contributed by atoms with van der Waals surface area (Å²) < 4.78 is 2.88. The zero-order chi connectivity index (χ0) is 14.0. The van der Waals surface area contributed by atoms with Gasteiger partial charge in [0.15, 0.2) is 0 Å². The molecule has 0 fully saturated rings. The fourth-order valence-electron chi connectivity index (χ4n) is 2.24. The van der Waals surface area contributed by atoms with Gasteiger partial charge in [-0.05, 0) is 37.6 Å². The zero-order valence-corrected chi connectivity index (χ0v) is 13.0. The summed E-state index contributed by atoms with van der Waals surface area (Å²) in [6, 6.07) is 6.32. The zero-order valence-electron chi connectivity index (χ0n) is 11.4. The van der Waals surface area contributed by atoms with Crippen LogP contribution in [0, 0.1) is 13.8 Å². The van der Waals surface area contributed by atoms with Gasteiger partial charge < -0.3 is 11.1 Å². The minimum atomic E-state index is 0.0717. The molecule has 0 saturated carbocycles. The van der Waals surface area contributed by atoms with E-state index >= 15 is 0 Å². The van der Waals surface area contributed by atoms with Crippen molar-refractivity contribution in [2.75, 3.05) is 11.9 Å². The lowest BCUT2D eigenvalue weighted by atomic mass is 10.1. The second-order valence-electron chi connectivity index (χ2n) is 4.79. The van der Waals surface area contributed by atoms with Gasteiger partial charge in [-0.3, -0.25) is 4.68 Å². The Labute approximate surface area is 122 Å². The molecule has 0 spiro atoms. The Morgan fingerprint density at radius 3 is 2.63 bits per heavy atom. The largest absolute Gasteiger partial charge is 0.377 e. The summed E-state index contributed by atoms with van der Waals surface area (Å²) in [7, 11) is 1.92. The van der Waals surface area contributed by atoms with E-state index in [0.717, 1.165) is 21.4 Å². The molecule has 0 amide bonds. The van der Waals surface area contributed by atoms with Crippen molar-refractivity contribution in [3.05, 3.63) is 45.7 Å². The molecule has 5 heteroatoms. The van der Waals surface area contributed by atoms with E-state index in [0.29, 0.717) is 6.54 Å². The predicted octanol–water partition coefficient (Wildman–Crippen LogP) is 2.91. The first-order valence-electron chi connectivity index (χ1n) is 6.23. The molecular formula is C14H19BrN4. The number of anilines is 1. The molecule has 102 valence electrons. The summed E-state index contributed by atoms with van der Waals surface area (Å²) in [5, 5.41) is 7.84. The van der Waals surface area contributed by atoms with Crippen LogP contribution in [-0.4, -0.2) is 16.3 Å². The average molecular weight is 323 g/mol. The predicted molar refractivity (Wildman–Crippen MR) is 82.2 cm³/mol. The highest BCUT2D eigenvalue weighted by molar-refractivity contribution is 9.10. The summed E-state index contributed by atoms with van der Waals surface area (Å²) in [6.07, 6.45) is 2.02. The van der Waals surface area contributed by atoms with Crippen LogP contribution in [0.4, 0.5) is 5.69 Å². The number of aromatic nitrogens is 2. The molecule has 1 heterocycles. The first kappa shape index (κ1) is 14.1. The van der Waals surface area contributed by atoms with Crippen LogP contribution in [0.25, 0.3) is 0 Å². The van der Waals surface area contributed by atoms with Crippen LogP contribution in [0.3, 0.4) is 0 Å². The topological polar surface area (TPSA) is 55.9 Å². The van der Waals surface area contributed by atoms with Crippen LogP contribution in [0.1, 0.15) is 22.9 Å². The third-order valence-electron chi connectivity index (χ3n) is 3.05. The SMILES string of the molecule is Cc1cc(Br)cc(NC(CN)c2cn(C)nc2C)c1. The summed E-state index contributed by atoms with van der Waals surface area (Å²) in [4.78, 5) is 0. The van der Waals surface area contributed by atoms with E-state index in [1.54, 1.807) is 0 Å². The van der Waals surface area contributed by atoms with Crippen molar-refractivity contribution in [3.63, 3.8) is 0 Å². The molecule has 1 unspecified atom stereocenters. The molecule has 0 aliphatic carbocycles. The normalized spacial score (nSPS) is 12.5. The van der Waals surface area contributed by atoms with Crippen LogP contribution in [0.2, 0.25) is 0 Å². The Morgan fingerprint density at radius 1 is 1.37 bits per heavy atom. The van der Waals surface area contributed by atoms with Gasteiger partial charge in [-0.2, -0.15) is 5.10 Å². The molecule has 0 aliphatic rings. The number of nitrogens with one attached hydrogen (secondary N) is 1. The molecule has 3 N–H and O–H groups in total. The van der Waals surface area contributed by atoms with Gasteiger partial charge >= 0.3 is 0 Å². The van der Waals surface area contributed by atoms with Gasteiger partial charge in [-0.1, -0.05) is 15.9 Å². The van der Waals surface area contributed by atoms with E-state index < -0.39 is 0 Å². The number of benzene rings is 1. The average Bonchev–Trinajstić information content (AvgIpc) is 2.64. The molecule has 0 bridgehead atoms. The molecule has 2 aromatic rings. The van der Waals surface area contributed by atoms with Crippen LogP contribution in [-0.2, 0) is 7.05 Å². The Hall–Kier alpha value is -1.33. The minimum Gasteiger partial charge on any atom is -0.377 e. The summed E-state index contributed by atoms with van der Waals surface area (Å²) >= 11 is 3.51. The minimum absolute atomic E-state index is 0.0717. The lowest BCUT2D eigenvalue weighted by molar-refractivity contribution is 0.754. The fourth-order valence-corrected chi connectivity index (χ4v) is 2.85. The number of nitrogens with two attached hydrogens (primary N) is 1. The Morgan fingerprint density at radius 2 is 2.11 bits per heavy atom. The molecule has 19 heavy (non-hydrogen) atoms. The van der Waals surface area contributed by atoms with Gasteiger partial charge in [0.25, 0.3) is 0 Å². The van der Waals surface area contributed by atoms with E-state index in [4.69, 9.17) is 5.73 Å². The van der Waals surface area contributed by atoms with Gasteiger partial charge in [-0.15, -0.1) is 0 Å². The highest BCUT2D eigenvalue weighted by Gasteiger charge is 2.15. The third-order valence-corrected chi connectivity index (χ3v) is 3.50. The molecule has 4 nitrogen and oxygen atoms in total. The smallest absolute Gasteiger partial charge is 0.0669 e. The number of hydrogen-bond donors (Lipinski definition) is 2. The van der Waals surface area contributed by atoms with Crippen LogP contribution in [0.5, 0.6) is 0 Å². The Bertz CT molecular complexity index is 557. The quantitative estimate of drug-likeness (QED) is 0.910. The van der Waals surface area contributed by atoms with Crippen molar-refractivity contribution in [1.29, 1.82) is 0 Å². The van der Waals surface area contributed by atoms with Gasteiger partial charge in [0, 0.05) is 35.5 Å². The van der Waals surface area contributed by atoms with Crippen molar-refractivity contribution >= 4 is 21.6 Å². The summed E-state index contributed by atoms with van der Waals surface area (Å²) in [5.41, 5.74) is 10.3. The maximum absolute atomic E-state index is 5.90. The molecule has 0 aliphatic heterocycles.